The maximum absolute atomic E-state index is 9.94. The molecule has 0 radical (unpaired) electrons. The molecular formula is C20H20Cl2N6O4. The molecule has 10 nitrogen and oxygen atoms in total. The van der Waals surface area contributed by atoms with Crippen LogP contribution in [0.25, 0.3) is 0 Å². The smallest absolute Gasteiger partial charge is 0.265 e. The summed E-state index contributed by atoms with van der Waals surface area (Å²) in [6.45, 7) is 4.35. The lowest BCUT2D eigenvalue weighted by Gasteiger charge is -2.08. The molecule has 32 heavy (non-hydrogen) atoms. The van der Waals surface area contributed by atoms with Crippen molar-refractivity contribution in [3.63, 3.8) is 0 Å². The van der Waals surface area contributed by atoms with Crippen LogP contribution in [0.3, 0.4) is 0 Å². The van der Waals surface area contributed by atoms with Crippen LogP contribution in [-0.4, -0.2) is 50.7 Å². The summed E-state index contributed by atoms with van der Waals surface area (Å²) in [6, 6.07) is 6.29. The van der Waals surface area contributed by atoms with Crippen molar-refractivity contribution < 1.29 is 19.7 Å². The molecule has 2 aromatic carbocycles. The van der Waals surface area contributed by atoms with Gasteiger partial charge in [0.1, 0.15) is 6.33 Å². The summed E-state index contributed by atoms with van der Waals surface area (Å²) in [7, 11) is 0. The SMILES string of the molecule is CCOc1cc(C=NNc2nncn2N=Cc2cc(Cl)c(O)c(OCC)c2)cc(Cl)c1O. The molecular weight excluding hydrogens is 459 g/mol. The molecule has 0 amide bonds. The van der Waals surface area contributed by atoms with E-state index in [9.17, 15) is 10.2 Å². The molecule has 3 rings (SSSR count). The Labute approximate surface area is 193 Å². The summed E-state index contributed by atoms with van der Waals surface area (Å²) in [4.78, 5) is 0. The quantitative estimate of drug-likeness (QED) is 0.311. The van der Waals surface area contributed by atoms with Gasteiger partial charge in [-0.1, -0.05) is 23.2 Å². The van der Waals surface area contributed by atoms with Crippen LogP contribution >= 0.6 is 23.2 Å². The van der Waals surface area contributed by atoms with Crippen molar-refractivity contribution in [2.75, 3.05) is 18.6 Å². The van der Waals surface area contributed by atoms with E-state index in [0.717, 1.165) is 0 Å². The third kappa shape index (κ3) is 5.59. The van der Waals surface area contributed by atoms with Gasteiger partial charge in [0.2, 0.25) is 0 Å². The fraction of sp³-hybridized carbons (Fsp3) is 0.200. The number of phenols is 2. The summed E-state index contributed by atoms with van der Waals surface area (Å²) in [5.74, 6) is 0.491. The van der Waals surface area contributed by atoms with E-state index in [1.54, 1.807) is 32.0 Å². The van der Waals surface area contributed by atoms with Crippen molar-refractivity contribution in [2.45, 2.75) is 13.8 Å². The van der Waals surface area contributed by atoms with Gasteiger partial charge < -0.3 is 19.7 Å². The number of phenolic OH excluding ortho intramolecular Hbond substituents is 2. The maximum atomic E-state index is 9.94. The minimum Gasteiger partial charge on any atom is -0.503 e. The van der Waals surface area contributed by atoms with E-state index < -0.39 is 0 Å². The summed E-state index contributed by atoms with van der Waals surface area (Å²) in [5, 5.41) is 36.2. The summed E-state index contributed by atoms with van der Waals surface area (Å²) < 4.78 is 12.1. The van der Waals surface area contributed by atoms with E-state index in [2.05, 4.69) is 25.8 Å². The molecule has 3 N–H and O–H groups in total. The van der Waals surface area contributed by atoms with Crippen molar-refractivity contribution in [2.24, 2.45) is 10.2 Å². The van der Waals surface area contributed by atoms with E-state index in [0.29, 0.717) is 24.3 Å². The van der Waals surface area contributed by atoms with Crippen LogP contribution in [0.15, 0.2) is 40.8 Å². The zero-order valence-electron chi connectivity index (χ0n) is 17.2. The van der Waals surface area contributed by atoms with Crippen LogP contribution in [0.5, 0.6) is 23.0 Å². The van der Waals surface area contributed by atoms with Gasteiger partial charge in [0, 0.05) is 0 Å². The zero-order chi connectivity index (χ0) is 23.1. The van der Waals surface area contributed by atoms with Crippen molar-refractivity contribution in [1.82, 2.24) is 14.9 Å². The van der Waals surface area contributed by atoms with Gasteiger partial charge in [0.05, 0.1) is 35.7 Å². The maximum Gasteiger partial charge on any atom is 0.265 e. The van der Waals surface area contributed by atoms with E-state index in [1.807, 2.05) is 0 Å². The lowest BCUT2D eigenvalue weighted by molar-refractivity contribution is 0.318. The predicted molar refractivity (Wildman–Crippen MR) is 123 cm³/mol. The first-order valence-corrected chi connectivity index (χ1v) is 10.2. The number of halogens is 2. The Morgan fingerprint density at radius 2 is 1.53 bits per heavy atom. The van der Waals surface area contributed by atoms with Gasteiger partial charge in [-0.2, -0.15) is 14.9 Å². The molecule has 0 unspecified atom stereocenters. The largest absolute Gasteiger partial charge is 0.503 e. The fourth-order valence-electron chi connectivity index (χ4n) is 2.55. The number of benzene rings is 2. The Kier molecular flexibility index (Phi) is 7.74. The van der Waals surface area contributed by atoms with Gasteiger partial charge in [-0.05, 0) is 49.2 Å². The van der Waals surface area contributed by atoms with E-state index >= 15 is 0 Å². The molecule has 168 valence electrons. The van der Waals surface area contributed by atoms with Crippen LogP contribution < -0.4 is 14.9 Å². The van der Waals surface area contributed by atoms with Gasteiger partial charge in [0.15, 0.2) is 23.0 Å². The molecule has 0 atom stereocenters. The van der Waals surface area contributed by atoms with Gasteiger partial charge in [-0.15, -0.1) is 10.2 Å². The first-order chi connectivity index (χ1) is 15.4. The van der Waals surface area contributed by atoms with Crippen LogP contribution in [0, 0.1) is 0 Å². The van der Waals surface area contributed by atoms with Gasteiger partial charge in [0.25, 0.3) is 5.95 Å². The Bertz CT molecular complexity index is 1150. The molecule has 3 aromatic rings. The van der Waals surface area contributed by atoms with Gasteiger partial charge in [-0.25, -0.2) is 5.43 Å². The van der Waals surface area contributed by atoms with Crippen molar-refractivity contribution in [3.8, 4) is 23.0 Å². The average Bonchev–Trinajstić information content (AvgIpc) is 3.21. The number of rotatable bonds is 9. The first-order valence-electron chi connectivity index (χ1n) is 9.47. The Hall–Kier alpha value is -3.50. The molecule has 0 aliphatic rings. The summed E-state index contributed by atoms with van der Waals surface area (Å²) >= 11 is 12.1. The number of nitrogens with zero attached hydrogens (tertiary/aromatic N) is 5. The molecule has 12 heteroatoms. The minimum absolute atomic E-state index is 0.130. The Balaban J connectivity index is 1.74. The molecule has 0 aliphatic heterocycles. The zero-order valence-corrected chi connectivity index (χ0v) is 18.7. The molecule has 0 saturated heterocycles. The number of ether oxygens (including phenoxy) is 2. The number of nitrogens with one attached hydrogen (secondary N) is 1. The summed E-state index contributed by atoms with van der Waals surface area (Å²) in [5.41, 5.74) is 3.92. The average molecular weight is 479 g/mol. The molecule has 0 fully saturated rings. The highest BCUT2D eigenvalue weighted by Crippen LogP contribution is 2.35. The highest BCUT2D eigenvalue weighted by Gasteiger charge is 2.10. The molecule has 0 bridgehead atoms. The second kappa shape index (κ2) is 10.7. The van der Waals surface area contributed by atoms with Gasteiger partial charge in [-0.3, -0.25) is 0 Å². The topological polar surface area (TPSA) is 126 Å². The lowest BCUT2D eigenvalue weighted by atomic mass is 10.2. The van der Waals surface area contributed by atoms with E-state index in [-0.39, 0.29) is 39.0 Å². The van der Waals surface area contributed by atoms with Crippen LogP contribution in [-0.2, 0) is 0 Å². The highest BCUT2D eigenvalue weighted by molar-refractivity contribution is 6.32. The van der Waals surface area contributed by atoms with E-state index in [1.165, 1.54) is 29.5 Å². The second-order valence-electron chi connectivity index (χ2n) is 6.18. The lowest BCUT2D eigenvalue weighted by Crippen LogP contribution is -2.00. The standard InChI is InChI=1S/C20H20Cl2N6O4/c1-3-31-16-7-12(5-14(21)18(16)29)9-23-26-20-27-24-11-28(20)25-10-13-6-15(22)19(30)17(8-13)32-4-2/h5-11,29-30H,3-4H2,1-2H3,(H,26,27). The molecule has 0 spiro atoms. The second-order valence-corrected chi connectivity index (χ2v) is 6.99. The van der Waals surface area contributed by atoms with Crippen LogP contribution in [0.1, 0.15) is 25.0 Å². The molecule has 1 heterocycles. The van der Waals surface area contributed by atoms with Crippen molar-refractivity contribution in [3.05, 3.63) is 51.8 Å². The number of hydrogen-bond acceptors (Lipinski definition) is 9. The van der Waals surface area contributed by atoms with Gasteiger partial charge >= 0.3 is 0 Å². The van der Waals surface area contributed by atoms with Crippen LogP contribution in [0.2, 0.25) is 10.0 Å². The highest BCUT2D eigenvalue weighted by atomic mass is 35.5. The number of anilines is 1. The third-order valence-corrected chi connectivity index (χ3v) is 4.52. The minimum atomic E-state index is -0.131. The molecule has 0 aliphatic carbocycles. The number of hydrazone groups is 1. The van der Waals surface area contributed by atoms with Crippen LogP contribution in [0.4, 0.5) is 5.95 Å². The Morgan fingerprint density at radius 3 is 2.09 bits per heavy atom. The number of aromatic hydroxyl groups is 2. The third-order valence-electron chi connectivity index (χ3n) is 3.94. The first kappa shape index (κ1) is 23.2. The number of hydrogen-bond donors (Lipinski definition) is 3. The fourth-order valence-corrected chi connectivity index (χ4v) is 2.99. The van der Waals surface area contributed by atoms with Crippen molar-refractivity contribution in [1.29, 1.82) is 0 Å². The number of aromatic nitrogens is 3. The molecule has 0 saturated carbocycles. The van der Waals surface area contributed by atoms with Crippen molar-refractivity contribution >= 4 is 41.6 Å². The molecule has 1 aromatic heterocycles. The Morgan fingerprint density at radius 1 is 0.969 bits per heavy atom. The normalized spacial score (nSPS) is 11.4. The summed E-state index contributed by atoms with van der Waals surface area (Å²) in [6.07, 6.45) is 4.36. The van der Waals surface area contributed by atoms with E-state index in [4.69, 9.17) is 32.7 Å². The monoisotopic (exact) mass is 478 g/mol. The predicted octanol–water partition coefficient (Wildman–Crippen LogP) is 4.12.